The number of ether oxygens (including phenoxy) is 1. The van der Waals surface area contributed by atoms with Crippen molar-refractivity contribution in [2.75, 3.05) is 33.4 Å². The van der Waals surface area contributed by atoms with Gasteiger partial charge < -0.3 is 10.1 Å². The molecule has 1 fully saturated rings. The minimum atomic E-state index is 0.698. The highest BCUT2D eigenvalue weighted by atomic mass is 16.5. The lowest BCUT2D eigenvalue weighted by Gasteiger charge is -2.32. The first-order valence-corrected chi connectivity index (χ1v) is 7.37. The van der Waals surface area contributed by atoms with Crippen LogP contribution in [0.5, 0.6) is 0 Å². The average Bonchev–Trinajstić information content (AvgIpc) is 2.46. The molecule has 0 bridgehead atoms. The van der Waals surface area contributed by atoms with Crippen LogP contribution >= 0.6 is 0 Å². The maximum atomic E-state index is 5.07. The van der Waals surface area contributed by atoms with Crippen LogP contribution in [0.1, 0.15) is 24.8 Å². The molecule has 0 unspecified atom stereocenters. The largest absolute Gasteiger partial charge is 0.385 e. The van der Waals surface area contributed by atoms with E-state index in [1.165, 1.54) is 31.5 Å². The van der Waals surface area contributed by atoms with Gasteiger partial charge in [0.25, 0.3) is 0 Å². The van der Waals surface area contributed by atoms with Crippen molar-refractivity contribution in [2.24, 2.45) is 0 Å². The normalized spacial score (nSPS) is 17.7. The number of hydrogen-bond donors (Lipinski definition) is 1. The van der Waals surface area contributed by atoms with E-state index in [4.69, 9.17) is 4.74 Å². The maximum Gasteiger partial charge on any atom is 0.0474 e. The SMILES string of the molecule is COCCCNC1CCN(Cc2ccccc2)CC1. The molecule has 0 radical (unpaired) electrons. The lowest BCUT2D eigenvalue weighted by molar-refractivity contribution is 0.177. The Morgan fingerprint density at radius 2 is 1.95 bits per heavy atom. The van der Waals surface area contributed by atoms with Gasteiger partial charge in [0.05, 0.1) is 0 Å². The second-order valence-electron chi connectivity index (χ2n) is 5.34. The lowest BCUT2D eigenvalue weighted by Crippen LogP contribution is -2.42. The molecule has 0 amide bonds. The van der Waals surface area contributed by atoms with Gasteiger partial charge in [-0.15, -0.1) is 0 Å². The molecule has 106 valence electrons. The van der Waals surface area contributed by atoms with Gasteiger partial charge in [0.15, 0.2) is 0 Å². The molecule has 2 rings (SSSR count). The molecule has 1 aliphatic rings. The van der Waals surface area contributed by atoms with Crippen LogP contribution in [0.25, 0.3) is 0 Å². The monoisotopic (exact) mass is 262 g/mol. The molecular formula is C16H26N2O. The Balaban J connectivity index is 1.62. The number of nitrogens with one attached hydrogen (secondary N) is 1. The fourth-order valence-corrected chi connectivity index (χ4v) is 2.66. The van der Waals surface area contributed by atoms with E-state index in [0.717, 1.165) is 26.1 Å². The molecule has 3 nitrogen and oxygen atoms in total. The van der Waals surface area contributed by atoms with Crippen molar-refractivity contribution in [1.29, 1.82) is 0 Å². The summed E-state index contributed by atoms with van der Waals surface area (Å²) in [4.78, 5) is 2.56. The predicted octanol–water partition coefficient (Wildman–Crippen LogP) is 2.28. The number of piperidine rings is 1. The molecule has 0 aromatic heterocycles. The highest BCUT2D eigenvalue weighted by Crippen LogP contribution is 2.13. The van der Waals surface area contributed by atoms with Crippen LogP contribution in [0.4, 0.5) is 0 Å². The van der Waals surface area contributed by atoms with Crippen molar-refractivity contribution in [3.8, 4) is 0 Å². The van der Waals surface area contributed by atoms with E-state index in [2.05, 4.69) is 40.5 Å². The van der Waals surface area contributed by atoms with Crippen molar-refractivity contribution >= 4 is 0 Å². The van der Waals surface area contributed by atoms with Gasteiger partial charge in [0, 0.05) is 26.3 Å². The molecule has 0 saturated carbocycles. The summed E-state index contributed by atoms with van der Waals surface area (Å²) < 4.78 is 5.07. The summed E-state index contributed by atoms with van der Waals surface area (Å²) in [5, 5.41) is 3.63. The second kappa shape index (κ2) is 8.31. The van der Waals surface area contributed by atoms with E-state index in [9.17, 15) is 0 Å². The van der Waals surface area contributed by atoms with Crippen LogP contribution < -0.4 is 5.32 Å². The molecule has 19 heavy (non-hydrogen) atoms. The third-order valence-electron chi connectivity index (χ3n) is 3.79. The Bertz CT molecular complexity index is 334. The molecule has 3 heteroatoms. The van der Waals surface area contributed by atoms with Crippen molar-refractivity contribution in [3.63, 3.8) is 0 Å². The molecule has 1 saturated heterocycles. The van der Waals surface area contributed by atoms with Gasteiger partial charge in [-0.25, -0.2) is 0 Å². The molecule has 1 aliphatic heterocycles. The zero-order valence-electron chi connectivity index (χ0n) is 12.0. The summed E-state index contributed by atoms with van der Waals surface area (Å²) >= 11 is 0. The first-order chi connectivity index (χ1) is 9.38. The van der Waals surface area contributed by atoms with E-state index in [0.29, 0.717) is 6.04 Å². The first-order valence-electron chi connectivity index (χ1n) is 7.37. The summed E-state index contributed by atoms with van der Waals surface area (Å²) in [5.41, 5.74) is 1.43. The summed E-state index contributed by atoms with van der Waals surface area (Å²) in [6, 6.07) is 11.5. The zero-order valence-corrected chi connectivity index (χ0v) is 12.0. The smallest absolute Gasteiger partial charge is 0.0474 e. The lowest BCUT2D eigenvalue weighted by atomic mass is 10.0. The van der Waals surface area contributed by atoms with E-state index in [1.807, 2.05) is 0 Å². The van der Waals surface area contributed by atoms with Crippen LogP contribution in [0, 0.1) is 0 Å². The topological polar surface area (TPSA) is 24.5 Å². The minimum absolute atomic E-state index is 0.698. The summed E-state index contributed by atoms with van der Waals surface area (Å²) in [7, 11) is 1.77. The average molecular weight is 262 g/mol. The van der Waals surface area contributed by atoms with Crippen molar-refractivity contribution < 1.29 is 4.74 Å². The van der Waals surface area contributed by atoms with E-state index in [1.54, 1.807) is 7.11 Å². The van der Waals surface area contributed by atoms with Gasteiger partial charge in [-0.1, -0.05) is 30.3 Å². The van der Waals surface area contributed by atoms with Crippen LogP contribution in [-0.2, 0) is 11.3 Å². The first kappa shape index (κ1) is 14.5. The predicted molar refractivity (Wildman–Crippen MR) is 79.2 cm³/mol. The Labute approximate surface area is 116 Å². The number of nitrogens with zero attached hydrogens (tertiary/aromatic N) is 1. The standard InChI is InChI=1S/C16H26N2O/c1-19-13-5-10-17-16-8-11-18(12-9-16)14-15-6-3-2-4-7-15/h2-4,6-7,16-17H,5,8-14H2,1H3. The quantitative estimate of drug-likeness (QED) is 0.763. The van der Waals surface area contributed by atoms with E-state index in [-0.39, 0.29) is 0 Å². The number of rotatable bonds is 7. The Morgan fingerprint density at radius 1 is 1.21 bits per heavy atom. The summed E-state index contributed by atoms with van der Waals surface area (Å²) in [5.74, 6) is 0. The third-order valence-corrected chi connectivity index (χ3v) is 3.79. The number of methoxy groups -OCH3 is 1. The van der Waals surface area contributed by atoms with Gasteiger partial charge in [0.1, 0.15) is 0 Å². The number of likely N-dealkylation sites (tertiary alicyclic amines) is 1. The Morgan fingerprint density at radius 3 is 2.63 bits per heavy atom. The minimum Gasteiger partial charge on any atom is -0.385 e. The third kappa shape index (κ3) is 5.31. The molecule has 1 N–H and O–H groups in total. The van der Waals surface area contributed by atoms with Gasteiger partial charge >= 0.3 is 0 Å². The molecule has 0 aliphatic carbocycles. The van der Waals surface area contributed by atoms with Gasteiger partial charge in [-0.3, -0.25) is 4.90 Å². The van der Waals surface area contributed by atoms with E-state index < -0.39 is 0 Å². The Hall–Kier alpha value is -0.900. The maximum absolute atomic E-state index is 5.07. The highest BCUT2D eigenvalue weighted by Gasteiger charge is 2.18. The van der Waals surface area contributed by atoms with Gasteiger partial charge in [-0.2, -0.15) is 0 Å². The van der Waals surface area contributed by atoms with Crippen LogP contribution in [-0.4, -0.2) is 44.3 Å². The van der Waals surface area contributed by atoms with Crippen LogP contribution in [0.15, 0.2) is 30.3 Å². The molecule has 1 aromatic rings. The molecule has 1 heterocycles. The van der Waals surface area contributed by atoms with E-state index >= 15 is 0 Å². The molecule has 0 atom stereocenters. The van der Waals surface area contributed by atoms with Crippen LogP contribution in [0.2, 0.25) is 0 Å². The van der Waals surface area contributed by atoms with Crippen molar-refractivity contribution in [1.82, 2.24) is 10.2 Å². The Kier molecular flexibility index (Phi) is 6.34. The van der Waals surface area contributed by atoms with Crippen molar-refractivity contribution in [3.05, 3.63) is 35.9 Å². The fourth-order valence-electron chi connectivity index (χ4n) is 2.66. The van der Waals surface area contributed by atoms with Gasteiger partial charge in [0.2, 0.25) is 0 Å². The number of hydrogen-bond acceptors (Lipinski definition) is 3. The molecule has 1 aromatic carbocycles. The summed E-state index contributed by atoms with van der Waals surface area (Å²) in [6.45, 7) is 5.45. The van der Waals surface area contributed by atoms with Crippen LogP contribution in [0.3, 0.4) is 0 Å². The fraction of sp³-hybridized carbons (Fsp3) is 0.625. The number of benzene rings is 1. The van der Waals surface area contributed by atoms with Gasteiger partial charge in [-0.05, 0) is 44.5 Å². The summed E-state index contributed by atoms with van der Waals surface area (Å²) in [6.07, 6.45) is 3.64. The molecule has 0 spiro atoms. The molecular weight excluding hydrogens is 236 g/mol. The zero-order chi connectivity index (χ0) is 13.3. The highest BCUT2D eigenvalue weighted by molar-refractivity contribution is 5.14. The van der Waals surface area contributed by atoms with Crippen molar-refractivity contribution in [2.45, 2.75) is 31.8 Å². The second-order valence-corrected chi connectivity index (χ2v) is 5.34.